The number of nitrogens with one attached hydrogen (secondary N) is 1. The first-order valence-electron chi connectivity index (χ1n) is 19.2. The van der Waals surface area contributed by atoms with E-state index in [0.717, 1.165) is 61.3 Å². The fraction of sp³-hybridized carbons (Fsp3) is 0.364. The fourth-order valence-electron chi connectivity index (χ4n) is 7.37. The van der Waals surface area contributed by atoms with Crippen LogP contribution in [0.3, 0.4) is 0 Å². The molecule has 294 valence electrons. The number of ether oxygens (including phenoxy) is 1. The number of benzene rings is 4. The number of hydrogen-bond donors (Lipinski definition) is 1. The Kier molecular flexibility index (Phi) is 13.6. The molecular weight excluding hydrogens is 722 g/mol. The number of amides is 3. The number of likely N-dealkylation sites (tertiary alicyclic amines) is 2. The van der Waals surface area contributed by atoms with Gasteiger partial charge in [0.05, 0.1) is 13.0 Å². The SMILES string of the molecule is O=C(CN(CCc1ccc(OC(=O)C(F)(F)F)cc1)C(=O)Cc1ccccc1)NCc1ccc(-c2ccccc2C(=O)N2CCC(N3CCCCC3)CC2)cc1. The summed E-state index contributed by atoms with van der Waals surface area (Å²) in [5, 5.41) is 2.91. The maximum Gasteiger partial charge on any atom is 0.491 e. The Bertz CT molecular complexity index is 1940. The summed E-state index contributed by atoms with van der Waals surface area (Å²) >= 11 is 0. The Balaban J connectivity index is 1.04. The lowest BCUT2D eigenvalue weighted by Gasteiger charge is -2.40. The number of carbonyl (C=O) groups is 4. The van der Waals surface area contributed by atoms with Crippen molar-refractivity contribution in [3.05, 3.63) is 125 Å². The molecule has 2 heterocycles. The number of esters is 1. The Morgan fingerprint density at radius 3 is 2.05 bits per heavy atom. The van der Waals surface area contributed by atoms with E-state index in [1.165, 1.54) is 48.4 Å². The van der Waals surface area contributed by atoms with Gasteiger partial charge in [-0.3, -0.25) is 14.4 Å². The van der Waals surface area contributed by atoms with Crippen molar-refractivity contribution in [1.29, 1.82) is 0 Å². The molecule has 1 N–H and O–H groups in total. The molecule has 9 nitrogen and oxygen atoms in total. The van der Waals surface area contributed by atoms with Crippen LogP contribution in [-0.2, 0) is 33.8 Å². The molecule has 0 radical (unpaired) electrons. The van der Waals surface area contributed by atoms with Crippen LogP contribution in [0.25, 0.3) is 11.1 Å². The molecule has 12 heteroatoms. The summed E-state index contributed by atoms with van der Waals surface area (Å²) in [6, 6.07) is 30.6. The lowest BCUT2D eigenvalue weighted by atomic mass is 9.96. The monoisotopic (exact) mass is 768 g/mol. The minimum Gasteiger partial charge on any atom is -0.420 e. The van der Waals surface area contributed by atoms with Crippen molar-refractivity contribution >= 4 is 23.7 Å². The molecule has 0 aromatic heterocycles. The lowest BCUT2D eigenvalue weighted by molar-refractivity contribution is -0.189. The van der Waals surface area contributed by atoms with Gasteiger partial charge in [0.2, 0.25) is 11.8 Å². The third kappa shape index (κ3) is 11.1. The van der Waals surface area contributed by atoms with E-state index in [0.29, 0.717) is 23.6 Å². The second-order valence-corrected chi connectivity index (χ2v) is 14.4. The van der Waals surface area contributed by atoms with Crippen molar-refractivity contribution in [3.63, 3.8) is 0 Å². The summed E-state index contributed by atoms with van der Waals surface area (Å²) in [4.78, 5) is 57.5. The van der Waals surface area contributed by atoms with Crippen LogP contribution >= 0.6 is 0 Å². The van der Waals surface area contributed by atoms with Gasteiger partial charge in [0.1, 0.15) is 5.75 Å². The van der Waals surface area contributed by atoms with Crippen LogP contribution in [0.1, 0.15) is 59.2 Å². The van der Waals surface area contributed by atoms with Gasteiger partial charge in [-0.25, -0.2) is 4.79 Å². The lowest BCUT2D eigenvalue weighted by Crippen LogP contribution is -2.48. The third-order valence-electron chi connectivity index (χ3n) is 10.5. The summed E-state index contributed by atoms with van der Waals surface area (Å²) in [5.74, 6) is -3.13. The zero-order chi connectivity index (χ0) is 39.5. The van der Waals surface area contributed by atoms with Gasteiger partial charge in [-0.15, -0.1) is 0 Å². The summed E-state index contributed by atoms with van der Waals surface area (Å²) in [6.07, 6.45) is 1.11. The van der Waals surface area contributed by atoms with Crippen LogP contribution in [0, 0.1) is 0 Å². The fourth-order valence-corrected chi connectivity index (χ4v) is 7.37. The summed E-state index contributed by atoms with van der Waals surface area (Å²) in [6.45, 7) is 4.03. The summed E-state index contributed by atoms with van der Waals surface area (Å²) < 4.78 is 42.1. The maximum atomic E-state index is 13.8. The number of carbonyl (C=O) groups excluding carboxylic acids is 4. The molecule has 2 fully saturated rings. The molecular formula is C44H47F3N4O5. The number of rotatable bonds is 13. The van der Waals surface area contributed by atoms with Crippen LogP contribution in [0.4, 0.5) is 13.2 Å². The number of alkyl halides is 3. The van der Waals surface area contributed by atoms with Crippen LogP contribution in [0.15, 0.2) is 103 Å². The molecule has 4 aromatic carbocycles. The topological polar surface area (TPSA) is 99.3 Å². The Morgan fingerprint density at radius 2 is 1.38 bits per heavy atom. The first kappa shape index (κ1) is 40.2. The van der Waals surface area contributed by atoms with Gasteiger partial charge in [0, 0.05) is 37.8 Å². The van der Waals surface area contributed by atoms with E-state index in [2.05, 4.69) is 15.0 Å². The second kappa shape index (κ2) is 18.9. The zero-order valence-electron chi connectivity index (χ0n) is 31.3. The van der Waals surface area contributed by atoms with E-state index in [-0.39, 0.29) is 49.5 Å². The van der Waals surface area contributed by atoms with Crippen molar-refractivity contribution in [2.24, 2.45) is 0 Å². The Morgan fingerprint density at radius 1 is 0.732 bits per heavy atom. The molecule has 0 unspecified atom stereocenters. The number of halogens is 3. The van der Waals surface area contributed by atoms with Crippen molar-refractivity contribution in [1.82, 2.24) is 20.0 Å². The van der Waals surface area contributed by atoms with Gasteiger partial charge >= 0.3 is 12.1 Å². The highest BCUT2D eigenvalue weighted by molar-refractivity contribution is 6.01. The predicted molar refractivity (Wildman–Crippen MR) is 207 cm³/mol. The van der Waals surface area contributed by atoms with E-state index in [1.807, 2.05) is 83.8 Å². The minimum absolute atomic E-state index is 0.0452. The first-order valence-corrected chi connectivity index (χ1v) is 19.2. The van der Waals surface area contributed by atoms with Gasteiger partial charge in [0.25, 0.3) is 5.91 Å². The maximum absolute atomic E-state index is 13.8. The molecule has 0 spiro atoms. The van der Waals surface area contributed by atoms with E-state index >= 15 is 0 Å². The summed E-state index contributed by atoms with van der Waals surface area (Å²) in [5.41, 5.74) is 4.74. The Labute approximate surface area is 325 Å². The smallest absolute Gasteiger partial charge is 0.420 e. The highest BCUT2D eigenvalue weighted by atomic mass is 19.4. The molecule has 0 atom stereocenters. The standard InChI is InChI=1S/C44H47F3N4O5/c45-44(46,47)43(55)56-37-19-15-32(16-20-37)21-26-51(41(53)29-33-9-3-1-4-10-33)31-40(52)48-30-34-13-17-35(18-14-34)38-11-5-6-12-39(38)42(54)50-27-22-36(23-28-50)49-24-7-2-8-25-49/h1,3-6,9-20,36H,2,7-8,21-31H2,(H,48,52). The van der Waals surface area contributed by atoms with E-state index in [4.69, 9.17) is 0 Å². The number of piperidine rings is 2. The van der Waals surface area contributed by atoms with Gasteiger partial charge < -0.3 is 24.8 Å². The van der Waals surface area contributed by atoms with Crippen LogP contribution < -0.4 is 10.1 Å². The minimum atomic E-state index is -5.11. The Hall–Kier alpha value is -5.49. The van der Waals surface area contributed by atoms with Crippen molar-refractivity contribution < 1.29 is 37.1 Å². The molecule has 0 saturated carbocycles. The molecule has 0 bridgehead atoms. The van der Waals surface area contributed by atoms with Gasteiger partial charge in [-0.1, -0.05) is 91.3 Å². The van der Waals surface area contributed by atoms with Gasteiger partial charge in [-0.05, 0) is 91.2 Å². The first-order chi connectivity index (χ1) is 27.0. The quantitative estimate of drug-likeness (QED) is 0.118. The number of nitrogens with zero attached hydrogens (tertiary/aromatic N) is 3. The molecule has 4 aromatic rings. The molecule has 56 heavy (non-hydrogen) atoms. The highest BCUT2D eigenvalue weighted by Crippen LogP contribution is 2.28. The van der Waals surface area contributed by atoms with E-state index in [1.54, 1.807) is 0 Å². The van der Waals surface area contributed by atoms with Gasteiger partial charge in [0.15, 0.2) is 0 Å². The average Bonchev–Trinajstić information content (AvgIpc) is 3.22. The molecule has 3 amide bonds. The van der Waals surface area contributed by atoms with Gasteiger partial charge in [-0.2, -0.15) is 13.2 Å². The zero-order valence-corrected chi connectivity index (χ0v) is 31.3. The average molecular weight is 769 g/mol. The number of hydrogen-bond acceptors (Lipinski definition) is 6. The molecule has 0 aliphatic carbocycles. The van der Waals surface area contributed by atoms with E-state index < -0.39 is 12.1 Å². The van der Waals surface area contributed by atoms with Crippen LogP contribution in [-0.4, -0.2) is 89.9 Å². The third-order valence-corrected chi connectivity index (χ3v) is 10.5. The van der Waals surface area contributed by atoms with Crippen molar-refractivity contribution in [2.75, 3.05) is 39.3 Å². The molecule has 2 aliphatic heterocycles. The summed E-state index contributed by atoms with van der Waals surface area (Å²) in [7, 11) is 0. The molecule has 2 saturated heterocycles. The normalized spacial score (nSPS) is 15.2. The largest absolute Gasteiger partial charge is 0.491 e. The van der Waals surface area contributed by atoms with E-state index in [9.17, 15) is 32.3 Å². The molecule has 6 rings (SSSR count). The highest BCUT2D eigenvalue weighted by Gasteiger charge is 2.41. The van der Waals surface area contributed by atoms with Crippen molar-refractivity contribution in [3.8, 4) is 16.9 Å². The molecule has 2 aliphatic rings. The van der Waals surface area contributed by atoms with Crippen molar-refractivity contribution in [2.45, 2.75) is 63.7 Å². The predicted octanol–water partition coefficient (Wildman–Crippen LogP) is 6.84. The second-order valence-electron chi connectivity index (χ2n) is 14.4. The van der Waals surface area contributed by atoms with Crippen LogP contribution in [0.5, 0.6) is 5.75 Å². The van der Waals surface area contributed by atoms with Crippen LogP contribution in [0.2, 0.25) is 0 Å².